The van der Waals surface area contributed by atoms with Crippen molar-refractivity contribution in [3.8, 4) is 11.3 Å². The first kappa shape index (κ1) is 8.60. The molecule has 0 aliphatic rings. The molecular formula is C9H6Cl2N2. The summed E-state index contributed by atoms with van der Waals surface area (Å²) in [7, 11) is 0. The molecule has 2 rings (SSSR count). The molecule has 0 radical (unpaired) electrons. The number of halogens is 2. The first-order chi connectivity index (χ1) is 6.29. The van der Waals surface area contributed by atoms with Gasteiger partial charge in [-0.25, -0.2) is 4.98 Å². The number of aromatic amines is 1. The standard InChI is InChI=1S/C9H6Cl2N2/c10-6-2-1-3-7(11)9(6)8-4-12-5-13-8/h1-5H,(H,12,13). The molecule has 0 fully saturated rings. The van der Waals surface area contributed by atoms with Crippen molar-refractivity contribution in [2.75, 3.05) is 0 Å². The van der Waals surface area contributed by atoms with Gasteiger partial charge in [-0.1, -0.05) is 29.3 Å². The summed E-state index contributed by atoms with van der Waals surface area (Å²) in [5.74, 6) is 0. The Bertz CT molecular complexity index is 389. The van der Waals surface area contributed by atoms with E-state index in [0.717, 1.165) is 11.3 Å². The van der Waals surface area contributed by atoms with Gasteiger partial charge >= 0.3 is 0 Å². The predicted molar refractivity (Wildman–Crippen MR) is 54.0 cm³/mol. The lowest BCUT2D eigenvalue weighted by Crippen LogP contribution is -1.80. The molecule has 13 heavy (non-hydrogen) atoms. The molecule has 2 nitrogen and oxygen atoms in total. The Hall–Kier alpha value is -0.990. The van der Waals surface area contributed by atoms with E-state index in [0.29, 0.717) is 10.0 Å². The number of imidazole rings is 1. The smallest absolute Gasteiger partial charge is 0.0924 e. The van der Waals surface area contributed by atoms with Gasteiger partial charge in [0.25, 0.3) is 0 Å². The number of benzene rings is 1. The number of hydrogen-bond acceptors (Lipinski definition) is 1. The van der Waals surface area contributed by atoms with Gasteiger partial charge in [0.2, 0.25) is 0 Å². The van der Waals surface area contributed by atoms with Crippen LogP contribution in [-0.2, 0) is 0 Å². The second-order valence-electron chi connectivity index (χ2n) is 2.56. The minimum Gasteiger partial charge on any atom is -0.345 e. The van der Waals surface area contributed by atoms with Crippen molar-refractivity contribution in [3.63, 3.8) is 0 Å². The number of rotatable bonds is 1. The third-order valence-corrected chi connectivity index (χ3v) is 2.36. The lowest BCUT2D eigenvalue weighted by molar-refractivity contribution is 1.31. The van der Waals surface area contributed by atoms with Crippen molar-refractivity contribution in [1.29, 1.82) is 0 Å². The summed E-state index contributed by atoms with van der Waals surface area (Å²) >= 11 is 12.0. The van der Waals surface area contributed by atoms with E-state index in [2.05, 4.69) is 9.97 Å². The van der Waals surface area contributed by atoms with E-state index in [1.807, 2.05) is 6.07 Å². The average Bonchev–Trinajstić information content (AvgIpc) is 2.57. The quantitative estimate of drug-likeness (QED) is 0.772. The third-order valence-electron chi connectivity index (χ3n) is 1.73. The van der Waals surface area contributed by atoms with E-state index in [9.17, 15) is 0 Å². The number of nitrogens with one attached hydrogen (secondary N) is 1. The van der Waals surface area contributed by atoms with Gasteiger partial charge in [0.1, 0.15) is 0 Å². The number of hydrogen-bond donors (Lipinski definition) is 1. The van der Waals surface area contributed by atoms with E-state index in [-0.39, 0.29) is 0 Å². The van der Waals surface area contributed by atoms with Gasteiger partial charge in [-0.3, -0.25) is 0 Å². The molecule has 2 aromatic rings. The molecule has 1 aromatic heterocycles. The van der Waals surface area contributed by atoms with Crippen LogP contribution < -0.4 is 0 Å². The molecule has 1 aromatic carbocycles. The topological polar surface area (TPSA) is 28.7 Å². The lowest BCUT2D eigenvalue weighted by atomic mass is 10.2. The molecule has 1 N–H and O–H groups in total. The highest BCUT2D eigenvalue weighted by molar-refractivity contribution is 6.39. The summed E-state index contributed by atoms with van der Waals surface area (Å²) in [6.45, 7) is 0. The molecule has 4 heteroatoms. The van der Waals surface area contributed by atoms with Gasteiger partial charge in [0.05, 0.1) is 28.3 Å². The number of H-pyrrole nitrogens is 1. The molecule has 0 atom stereocenters. The highest BCUT2D eigenvalue weighted by Crippen LogP contribution is 2.32. The van der Waals surface area contributed by atoms with Crippen LogP contribution in [0.5, 0.6) is 0 Å². The fourth-order valence-corrected chi connectivity index (χ4v) is 1.75. The Morgan fingerprint density at radius 2 is 1.85 bits per heavy atom. The first-order valence-electron chi connectivity index (χ1n) is 3.72. The highest BCUT2D eigenvalue weighted by Gasteiger charge is 2.08. The molecule has 0 saturated carbocycles. The average molecular weight is 213 g/mol. The Labute approximate surface area is 85.5 Å². The van der Waals surface area contributed by atoms with Gasteiger partial charge in [-0.05, 0) is 12.1 Å². The van der Waals surface area contributed by atoms with Gasteiger partial charge in [0.15, 0.2) is 0 Å². The Kier molecular flexibility index (Phi) is 2.25. The number of nitrogens with zero attached hydrogens (tertiary/aromatic N) is 1. The predicted octanol–water partition coefficient (Wildman–Crippen LogP) is 3.38. The van der Waals surface area contributed by atoms with Gasteiger partial charge in [-0.15, -0.1) is 0 Å². The molecule has 0 amide bonds. The molecular weight excluding hydrogens is 207 g/mol. The van der Waals surface area contributed by atoms with Crippen molar-refractivity contribution in [3.05, 3.63) is 40.8 Å². The fourth-order valence-electron chi connectivity index (χ4n) is 1.15. The summed E-state index contributed by atoms with van der Waals surface area (Å²) in [5, 5.41) is 1.24. The van der Waals surface area contributed by atoms with Gasteiger partial charge < -0.3 is 4.98 Å². The monoisotopic (exact) mass is 212 g/mol. The van der Waals surface area contributed by atoms with Crippen LogP contribution in [0.3, 0.4) is 0 Å². The zero-order valence-electron chi connectivity index (χ0n) is 6.59. The van der Waals surface area contributed by atoms with Crippen molar-refractivity contribution >= 4 is 23.2 Å². The van der Waals surface area contributed by atoms with Crippen LogP contribution in [0, 0.1) is 0 Å². The Balaban J connectivity index is 2.64. The van der Waals surface area contributed by atoms with Crippen LogP contribution in [0.4, 0.5) is 0 Å². The minimum absolute atomic E-state index is 0.622. The maximum atomic E-state index is 5.99. The van der Waals surface area contributed by atoms with Crippen LogP contribution in [0.2, 0.25) is 10.0 Å². The number of aromatic nitrogens is 2. The third kappa shape index (κ3) is 1.55. The maximum Gasteiger partial charge on any atom is 0.0924 e. The summed E-state index contributed by atoms with van der Waals surface area (Å²) in [4.78, 5) is 6.86. The zero-order valence-corrected chi connectivity index (χ0v) is 8.10. The van der Waals surface area contributed by atoms with Crippen molar-refractivity contribution in [2.24, 2.45) is 0 Å². The van der Waals surface area contributed by atoms with Gasteiger partial charge in [-0.2, -0.15) is 0 Å². The van der Waals surface area contributed by atoms with Crippen molar-refractivity contribution < 1.29 is 0 Å². The van der Waals surface area contributed by atoms with Crippen molar-refractivity contribution in [2.45, 2.75) is 0 Å². The van der Waals surface area contributed by atoms with Crippen LogP contribution in [0.1, 0.15) is 0 Å². The second kappa shape index (κ2) is 3.40. The van der Waals surface area contributed by atoms with E-state index in [1.54, 1.807) is 24.7 Å². The molecule has 0 unspecified atom stereocenters. The molecule has 0 aliphatic heterocycles. The van der Waals surface area contributed by atoms with E-state index in [4.69, 9.17) is 23.2 Å². The molecule has 0 spiro atoms. The Morgan fingerprint density at radius 1 is 1.15 bits per heavy atom. The maximum absolute atomic E-state index is 5.99. The van der Waals surface area contributed by atoms with Crippen LogP contribution >= 0.6 is 23.2 Å². The molecule has 0 saturated heterocycles. The fraction of sp³-hybridized carbons (Fsp3) is 0. The summed E-state index contributed by atoms with van der Waals surface area (Å²) in [6.07, 6.45) is 3.28. The molecule has 0 bridgehead atoms. The normalized spacial score (nSPS) is 10.3. The SMILES string of the molecule is Clc1cccc(Cl)c1-c1cnc[nH]1. The lowest BCUT2D eigenvalue weighted by Gasteiger charge is -2.02. The highest BCUT2D eigenvalue weighted by atomic mass is 35.5. The molecule has 0 aliphatic carbocycles. The minimum atomic E-state index is 0.622. The molecule has 66 valence electrons. The molecule has 1 heterocycles. The largest absolute Gasteiger partial charge is 0.345 e. The summed E-state index contributed by atoms with van der Waals surface area (Å²) in [5.41, 5.74) is 1.62. The summed E-state index contributed by atoms with van der Waals surface area (Å²) in [6, 6.07) is 5.40. The van der Waals surface area contributed by atoms with Crippen LogP contribution in [-0.4, -0.2) is 9.97 Å². The van der Waals surface area contributed by atoms with Crippen LogP contribution in [0.25, 0.3) is 11.3 Å². The summed E-state index contributed by atoms with van der Waals surface area (Å²) < 4.78 is 0. The van der Waals surface area contributed by atoms with E-state index >= 15 is 0 Å². The first-order valence-corrected chi connectivity index (χ1v) is 4.47. The zero-order chi connectivity index (χ0) is 9.26. The van der Waals surface area contributed by atoms with E-state index in [1.165, 1.54) is 0 Å². The van der Waals surface area contributed by atoms with Crippen molar-refractivity contribution in [1.82, 2.24) is 9.97 Å². The Morgan fingerprint density at radius 3 is 2.38 bits per heavy atom. The van der Waals surface area contributed by atoms with Gasteiger partial charge in [0, 0.05) is 5.56 Å². The van der Waals surface area contributed by atoms with E-state index < -0.39 is 0 Å². The second-order valence-corrected chi connectivity index (χ2v) is 3.38. The van der Waals surface area contributed by atoms with Crippen LogP contribution in [0.15, 0.2) is 30.7 Å².